The summed E-state index contributed by atoms with van der Waals surface area (Å²) >= 11 is 6.28. The maximum absolute atomic E-state index is 12.2. The van der Waals surface area contributed by atoms with Crippen molar-refractivity contribution in [2.75, 3.05) is 13.2 Å². The van der Waals surface area contributed by atoms with Crippen LogP contribution in [0, 0.1) is 10.1 Å². The van der Waals surface area contributed by atoms with Gasteiger partial charge >= 0.3 is 5.76 Å². The number of nitro benzene ring substituents is 1. The van der Waals surface area contributed by atoms with Crippen LogP contribution in [0.15, 0.2) is 39.5 Å². The normalized spacial score (nSPS) is 13.6. The molecule has 8 nitrogen and oxygen atoms in total. The van der Waals surface area contributed by atoms with Crippen LogP contribution in [-0.4, -0.2) is 22.7 Å². The lowest BCUT2D eigenvalue weighted by Crippen LogP contribution is -2.15. The lowest BCUT2D eigenvalue weighted by molar-refractivity contribution is -0.384. The van der Waals surface area contributed by atoms with Gasteiger partial charge in [0.15, 0.2) is 17.1 Å². The molecule has 9 heteroatoms. The predicted octanol–water partition coefficient (Wildman–Crippen LogP) is 3.37. The van der Waals surface area contributed by atoms with Crippen molar-refractivity contribution >= 4 is 28.4 Å². The van der Waals surface area contributed by atoms with Crippen LogP contribution in [0.3, 0.4) is 0 Å². The molecule has 3 aromatic rings. The summed E-state index contributed by atoms with van der Waals surface area (Å²) in [5.74, 6) is 0.383. The zero-order valence-electron chi connectivity index (χ0n) is 13.4. The molecule has 1 aliphatic rings. The van der Waals surface area contributed by atoms with Gasteiger partial charge in [0.05, 0.1) is 35.2 Å². The van der Waals surface area contributed by atoms with E-state index in [1.54, 1.807) is 12.1 Å². The second-order valence-corrected chi connectivity index (χ2v) is 6.23. The van der Waals surface area contributed by atoms with Gasteiger partial charge in [-0.3, -0.25) is 14.7 Å². The molecule has 134 valence electrons. The third kappa shape index (κ3) is 2.88. The van der Waals surface area contributed by atoms with E-state index < -0.39 is 10.7 Å². The molecule has 0 unspecified atom stereocenters. The number of nitrogens with zero attached hydrogens (tertiary/aromatic N) is 2. The van der Waals surface area contributed by atoms with E-state index in [0.717, 1.165) is 6.42 Å². The third-order valence-corrected chi connectivity index (χ3v) is 4.35. The average molecular weight is 377 g/mol. The third-order valence-electron chi connectivity index (χ3n) is 4.06. The molecule has 1 aromatic heterocycles. The van der Waals surface area contributed by atoms with Crippen molar-refractivity contribution in [3.05, 3.63) is 61.6 Å². The van der Waals surface area contributed by atoms with Gasteiger partial charge in [0, 0.05) is 18.6 Å². The first kappa shape index (κ1) is 16.5. The number of rotatable bonds is 3. The number of halogens is 1. The first-order chi connectivity index (χ1) is 12.5. The van der Waals surface area contributed by atoms with Crippen LogP contribution >= 0.6 is 11.6 Å². The van der Waals surface area contributed by atoms with Crippen molar-refractivity contribution in [2.45, 2.75) is 13.0 Å². The Labute approximate surface area is 151 Å². The lowest BCUT2D eigenvalue weighted by Gasteiger charge is -2.11. The molecule has 1 aliphatic heterocycles. The summed E-state index contributed by atoms with van der Waals surface area (Å²) in [5, 5.41) is 11.4. The standard InChI is InChI=1S/C17H13ClN2O6/c18-12-6-10(7-15-16(12)25-5-1-4-24-15)9-19-13-8-11(20(22)23)2-3-14(13)26-17(19)21/h2-3,6-8H,1,4-5,9H2. The van der Waals surface area contributed by atoms with E-state index in [4.69, 9.17) is 25.5 Å². The lowest BCUT2D eigenvalue weighted by atomic mass is 10.2. The first-order valence-electron chi connectivity index (χ1n) is 7.89. The van der Waals surface area contributed by atoms with Crippen LogP contribution < -0.4 is 15.2 Å². The smallest absolute Gasteiger partial charge is 0.420 e. The Hall–Kier alpha value is -3.00. The summed E-state index contributed by atoms with van der Waals surface area (Å²) in [6, 6.07) is 7.43. The Bertz CT molecular complexity index is 1070. The average Bonchev–Trinajstić information content (AvgIpc) is 2.77. The number of hydrogen-bond donors (Lipinski definition) is 0. The quantitative estimate of drug-likeness (QED) is 0.513. The highest BCUT2D eigenvalue weighted by Gasteiger charge is 2.18. The summed E-state index contributed by atoms with van der Waals surface area (Å²) in [6.07, 6.45) is 0.746. The highest BCUT2D eigenvalue weighted by molar-refractivity contribution is 6.32. The summed E-state index contributed by atoms with van der Waals surface area (Å²) in [7, 11) is 0. The number of oxazole rings is 1. The van der Waals surface area contributed by atoms with Gasteiger partial charge in [0.1, 0.15) is 0 Å². The van der Waals surface area contributed by atoms with Crippen LogP contribution in [0.1, 0.15) is 12.0 Å². The van der Waals surface area contributed by atoms with Crippen molar-refractivity contribution in [3.63, 3.8) is 0 Å². The summed E-state index contributed by atoms with van der Waals surface area (Å²) in [5.41, 5.74) is 1.19. The number of ether oxygens (including phenoxy) is 2. The molecule has 2 heterocycles. The number of nitro groups is 1. The minimum Gasteiger partial charge on any atom is -0.489 e. The zero-order valence-corrected chi connectivity index (χ0v) is 14.2. The van der Waals surface area contributed by atoms with E-state index in [1.807, 2.05) is 0 Å². The second kappa shape index (κ2) is 6.38. The van der Waals surface area contributed by atoms with E-state index in [-0.39, 0.29) is 17.8 Å². The molecule has 0 amide bonds. The highest BCUT2D eigenvalue weighted by Crippen LogP contribution is 2.38. The fourth-order valence-electron chi connectivity index (χ4n) is 2.87. The topological polar surface area (TPSA) is 96.7 Å². The summed E-state index contributed by atoms with van der Waals surface area (Å²) in [4.78, 5) is 22.7. The molecule has 0 radical (unpaired) electrons. The van der Waals surface area contributed by atoms with Crippen molar-refractivity contribution in [1.29, 1.82) is 0 Å². The SMILES string of the molecule is O=c1oc2ccc([N+](=O)[O-])cc2n1Cc1cc(Cl)c2c(c1)OCCCO2. The van der Waals surface area contributed by atoms with E-state index in [1.165, 1.54) is 22.8 Å². The molecule has 26 heavy (non-hydrogen) atoms. The van der Waals surface area contributed by atoms with Crippen molar-refractivity contribution < 1.29 is 18.8 Å². The molecule has 0 aliphatic carbocycles. The molecule has 0 bridgehead atoms. The molecule has 4 rings (SSSR count). The molecule has 2 aromatic carbocycles. The van der Waals surface area contributed by atoms with Crippen molar-refractivity contribution in [3.8, 4) is 11.5 Å². The van der Waals surface area contributed by atoms with Gasteiger partial charge in [0.2, 0.25) is 0 Å². The van der Waals surface area contributed by atoms with Gasteiger partial charge in [-0.15, -0.1) is 0 Å². The van der Waals surface area contributed by atoms with Gasteiger partial charge in [-0.05, 0) is 23.8 Å². The van der Waals surface area contributed by atoms with Gasteiger partial charge in [-0.2, -0.15) is 0 Å². The number of hydrogen-bond acceptors (Lipinski definition) is 6. The van der Waals surface area contributed by atoms with E-state index in [0.29, 0.717) is 40.8 Å². The fourth-order valence-corrected chi connectivity index (χ4v) is 3.16. The Kier molecular flexibility index (Phi) is 4.04. The van der Waals surface area contributed by atoms with Gasteiger partial charge < -0.3 is 13.9 Å². The number of fused-ring (bicyclic) bond motifs is 2. The first-order valence-corrected chi connectivity index (χ1v) is 8.26. The van der Waals surface area contributed by atoms with Gasteiger partial charge in [-0.25, -0.2) is 4.79 Å². The van der Waals surface area contributed by atoms with Crippen molar-refractivity contribution in [1.82, 2.24) is 4.57 Å². The molecule has 0 N–H and O–H groups in total. The van der Waals surface area contributed by atoms with Crippen LogP contribution in [-0.2, 0) is 6.54 Å². The Balaban J connectivity index is 1.78. The zero-order chi connectivity index (χ0) is 18.3. The van der Waals surface area contributed by atoms with Gasteiger partial charge in [0.25, 0.3) is 5.69 Å². The monoisotopic (exact) mass is 376 g/mol. The minimum absolute atomic E-state index is 0.122. The Morgan fingerprint density at radius 3 is 2.81 bits per heavy atom. The van der Waals surface area contributed by atoms with Crippen LogP contribution in [0.2, 0.25) is 5.02 Å². The molecule has 0 saturated heterocycles. The largest absolute Gasteiger partial charge is 0.489 e. The number of non-ortho nitro benzene ring substituents is 1. The maximum Gasteiger partial charge on any atom is 0.420 e. The van der Waals surface area contributed by atoms with Crippen LogP contribution in [0.4, 0.5) is 5.69 Å². The number of aromatic nitrogens is 1. The molecular weight excluding hydrogens is 364 g/mol. The number of benzene rings is 2. The Morgan fingerprint density at radius 1 is 1.19 bits per heavy atom. The minimum atomic E-state index is -0.608. The second-order valence-electron chi connectivity index (χ2n) is 5.82. The van der Waals surface area contributed by atoms with E-state index in [2.05, 4.69) is 0 Å². The summed E-state index contributed by atoms with van der Waals surface area (Å²) in [6.45, 7) is 1.15. The van der Waals surface area contributed by atoms with Gasteiger partial charge in [-0.1, -0.05) is 11.6 Å². The van der Waals surface area contributed by atoms with Crippen LogP contribution in [0.25, 0.3) is 11.1 Å². The van der Waals surface area contributed by atoms with Crippen LogP contribution in [0.5, 0.6) is 11.5 Å². The van der Waals surface area contributed by atoms with E-state index >= 15 is 0 Å². The van der Waals surface area contributed by atoms with E-state index in [9.17, 15) is 14.9 Å². The predicted molar refractivity (Wildman–Crippen MR) is 93.3 cm³/mol. The summed E-state index contributed by atoms with van der Waals surface area (Å²) < 4.78 is 17.7. The molecule has 0 spiro atoms. The fraction of sp³-hybridized carbons (Fsp3) is 0.235. The highest BCUT2D eigenvalue weighted by atomic mass is 35.5. The molecule has 0 fully saturated rings. The Morgan fingerprint density at radius 2 is 2.00 bits per heavy atom. The molecule has 0 atom stereocenters. The maximum atomic E-state index is 12.2. The van der Waals surface area contributed by atoms with Crippen molar-refractivity contribution in [2.24, 2.45) is 0 Å². The molecular formula is C17H13ClN2O6. The molecule has 0 saturated carbocycles.